The molecule has 0 bridgehead atoms. The molecule has 100 valence electrons. The summed E-state index contributed by atoms with van der Waals surface area (Å²) in [7, 11) is 0. The molecule has 4 nitrogen and oxygen atoms in total. The van der Waals surface area contributed by atoms with Crippen LogP contribution in [0.3, 0.4) is 0 Å². The summed E-state index contributed by atoms with van der Waals surface area (Å²) in [5.74, 6) is 0.461. The third-order valence-corrected chi connectivity index (χ3v) is 3.19. The Morgan fingerprint density at radius 3 is 2.80 bits per heavy atom. The van der Waals surface area contributed by atoms with Gasteiger partial charge in [0.1, 0.15) is 5.52 Å². The van der Waals surface area contributed by atoms with Gasteiger partial charge in [0.2, 0.25) is 5.89 Å². The van der Waals surface area contributed by atoms with Gasteiger partial charge < -0.3 is 15.5 Å². The highest BCUT2D eigenvalue weighted by Gasteiger charge is 2.12. The second-order valence-corrected chi connectivity index (χ2v) is 5.02. The van der Waals surface area contributed by atoms with Gasteiger partial charge in [-0.2, -0.15) is 0 Å². The normalized spacial score (nSPS) is 10.7. The van der Waals surface area contributed by atoms with Gasteiger partial charge in [0.15, 0.2) is 10.7 Å². The first-order valence-corrected chi connectivity index (χ1v) is 6.64. The number of fused-ring (bicyclic) bond motifs is 1. The fourth-order valence-corrected chi connectivity index (χ4v) is 2.21. The fraction of sp³-hybridized carbons (Fsp3) is 0. The Balaban J connectivity index is 2.10. The lowest BCUT2D eigenvalue weighted by atomic mass is 10.2. The van der Waals surface area contributed by atoms with Crippen molar-refractivity contribution >= 4 is 45.7 Å². The highest BCUT2D eigenvalue weighted by molar-refractivity contribution is 7.80. The second kappa shape index (κ2) is 5.11. The third-order valence-electron chi connectivity index (χ3n) is 2.76. The topological polar surface area (TPSA) is 64.1 Å². The van der Waals surface area contributed by atoms with Crippen LogP contribution in [0.25, 0.3) is 22.6 Å². The number of aromatic nitrogens is 1. The van der Waals surface area contributed by atoms with E-state index in [9.17, 15) is 0 Å². The van der Waals surface area contributed by atoms with Gasteiger partial charge >= 0.3 is 0 Å². The van der Waals surface area contributed by atoms with Gasteiger partial charge in [-0.1, -0.05) is 23.7 Å². The molecule has 20 heavy (non-hydrogen) atoms. The molecule has 0 saturated carbocycles. The zero-order valence-corrected chi connectivity index (χ0v) is 11.8. The smallest absolute Gasteiger partial charge is 0.228 e. The zero-order valence-electron chi connectivity index (χ0n) is 10.3. The molecule has 0 amide bonds. The lowest BCUT2D eigenvalue weighted by molar-refractivity contribution is 0.620. The standard InChI is InChI=1S/C14H10ClN3OS/c15-10-6-5-8(17-14(16)20)7-9(10)13-18-11-3-1-2-4-12(11)19-13/h1-7H,(H3,16,17,20). The molecule has 3 N–H and O–H groups in total. The Kier molecular flexibility index (Phi) is 3.30. The summed E-state index contributed by atoms with van der Waals surface area (Å²) in [6, 6.07) is 12.9. The summed E-state index contributed by atoms with van der Waals surface area (Å²) in [6.07, 6.45) is 0. The maximum absolute atomic E-state index is 6.20. The lowest BCUT2D eigenvalue weighted by Gasteiger charge is -2.06. The minimum Gasteiger partial charge on any atom is -0.436 e. The average Bonchev–Trinajstić information content (AvgIpc) is 2.84. The Hall–Kier alpha value is -2.11. The maximum atomic E-state index is 6.20. The first-order chi connectivity index (χ1) is 9.63. The molecule has 0 aliphatic carbocycles. The van der Waals surface area contributed by atoms with Gasteiger partial charge in [0, 0.05) is 5.69 Å². The van der Waals surface area contributed by atoms with Crippen LogP contribution in [0.5, 0.6) is 0 Å². The molecule has 0 spiro atoms. The minimum absolute atomic E-state index is 0.191. The van der Waals surface area contributed by atoms with Crippen LogP contribution >= 0.6 is 23.8 Å². The Labute approximate surface area is 125 Å². The molecule has 0 radical (unpaired) electrons. The van der Waals surface area contributed by atoms with E-state index in [4.69, 9.17) is 34.0 Å². The Bertz CT molecular complexity index is 767. The van der Waals surface area contributed by atoms with Gasteiger partial charge in [-0.3, -0.25) is 0 Å². The van der Waals surface area contributed by atoms with Crippen LogP contribution in [0.4, 0.5) is 5.69 Å². The molecule has 2 aromatic carbocycles. The fourth-order valence-electron chi connectivity index (χ4n) is 1.90. The molecule has 3 rings (SSSR count). The molecule has 1 heterocycles. The van der Waals surface area contributed by atoms with Crippen molar-refractivity contribution in [3.05, 3.63) is 47.5 Å². The molecular formula is C14H10ClN3OS. The first-order valence-electron chi connectivity index (χ1n) is 5.85. The van der Waals surface area contributed by atoms with Gasteiger partial charge in [-0.15, -0.1) is 0 Å². The second-order valence-electron chi connectivity index (χ2n) is 4.17. The summed E-state index contributed by atoms with van der Waals surface area (Å²) >= 11 is 11.0. The predicted octanol–water partition coefficient (Wildman–Crippen LogP) is 3.80. The summed E-state index contributed by atoms with van der Waals surface area (Å²) in [5.41, 5.74) is 8.38. The summed E-state index contributed by atoms with van der Waals surface area (Å²) in [4.78, 5) is 4.42. The molecule has 0 unspecified atom stereocenters. The minimum atomic E-state index is 0.191. The van der Waals surface area contributed by atoms with Crippen LogP contribution in [0.2, 0.25) is 5.02 Å². The number of halogens is 1. The van der Waals surface area contributed by atoms with E-state index in [0.717, 1.165) is 11.2 Å². The molecule has 0 fully saturated rings. The first kappa shape index (κ1) is 12.9. The highest BCUT2D eigenvalue weighted by Crippen LogP contribution is 2.32. The van der Waals surface area contributed by atoms with E-state index in [1.165, 1.54) is 0 Å². The highest BCUT2D eigenvalue weighted by atomic mass is 35.5. The molecule has 0 saturated heterocycles. The molecule has 3 aromatic rings. The van der Waals surface area contributed by atoms with E-state index in [1.54, 1.807) is 18.2 Å². The van der Waals surface area contributed by atoms with Crippen molar-refractivity contribution in [1.29, 1.82) is 0 Å². The molecular weight excluding hydrogens is 294 g/mol. The Morgan fingerprint density at radius 2 is 2.05 bits per heavy atom. The van der Waals surface area contributed by atoms with E-state index in [1.807, 2.05) is 24.3 Å². The monoisotopic (exact) mass is 303 g/mol. The van der Waals surface area contributed by atoms with Crippen molar-refractivity contribution in [2.45, 2.75) is 0 Å². The number of hydrogen-bond acceptors (Lipinski definition) is 3. The number of nitrogens with two attached hydrogens (primary N) is 1. The van der Waals surface area contributed by atoms with Crippen molar-refractivity contribution < 1.29 is 4.42 Å². The van der Waals surface area contributed by atoms with Crippen LogP contribution < -0.4 is 11.1 Å². The van der Waals surface area contributed by atoms with E-state index in [2.05, 4.69) is 10.3 Å². The largest absolute Gasteiger partial charge is 0.436 e. The van der Waals surface area contributed by atoms with Gasteiger partial charge in [0.25, 0.3) is 0 Å². The number of hydrogen-bond donors (Lipinski definition) is 2. The van der Waals surface area contributed by atoms with Gasteiger partial charge in [-0.25, -0.2) is 4.98 Å². The predicted molar refractivity (Wildman–Crippen MR) is 84.9 cm³/mol. The van der Waals surface area contributed by atoms with Gasteiger partial charge in [0.05, 0.1) is 10.6 Å². The van der Waals surface area contributed by atoms with Crippen LogP contribution in [0.15, 0.2) is 46.9 Å². The quantitative estimate of drug-likeness (QED) is 0.705. The number of rotatable bonds is 2. The molecule has 6 heteroatoms. The van der Waals surface area contributed by atoms with Crippen molar-refractivity contribution in [3.8, 4) is 11.5 Å². The molecule has 1 aromatic heterocycles. The maximum Gasteiger partial charge on any atom is 0.228 e. The SMILES string of the molecule is NC(=S)Nc1ccc(Cl)c(-c2nc3ccccc3o2)c1. The van der Waals surface area contributed by atoms with Crippen molar-refractivity contribution in [3.63, 3.8) is 0 Å². The van der Waals surface area contributed by atoms with Crippen LogP contribution in [-0.2, 0) is 0 Å². The van der Waals surface area contributed by atoms with Crippen LogP contribution in [-0.4, -0.2) is 10.1 Å². The van der Waals surface area contributed by atoms with E-state index in [0.29, 0.717) is 22.1 Å². The molecule has 0 atom stereocenters. The summed E-state index contributed by atoms with van der Waals surface area (Å²) in [6.45, 7) is 0. The van der Waals surface area contributed by atoms with E-state index in [-0.39, 0.29) is 5.11 Å². The lowest BCUT2D eigenvalue weighted by Crippen LogP contribution is -2.18. The van der Waals surface area contributed by atoms with E-state index < -0.39 is 0 Å². The molecule has 0 aliphatic heterocycles. The van der Waals surface area contributed by atoms with Crippen molar-refractivity contribution in [1.82, 2.24) is 4.98 Å². The molecule has 0 aliphatic rings. The number of oxazole rings is 1. The van der Waals surface area contributed by atoms with Crippen LogP contribution in [0, 0.1) is 0 Å². The summed E-state index contributed by atoms with van der Waals surface area (Å²) in [5, 5.41) is 3.59. The zero-order chi connectivity index (χ0) is 14.1. The Morgan fingerprint density at radius 1 is 1.25 bits per heavy atom. The van der Waals surface area contributed by atoms with Crippen LogP contribution in [0.1, 0.15) is 0 Å². The van der Waals surface area contributed by atoms with E-state index >= 15 is 0 Å². The number of nitrogens with one attached hydrogen (secondary N) is 1. The van der Waals surface area contributed by atoms with Crippen molar-refractivity contribution in [2.24, 2.45) is 5.73 Å². The van der Waals surface area contributed by atoms with Gasteiger partial charge in [-0.05, 0) is 42.5 Å². The number of benzene rings is 2. The average molecular weight is 304 g/mol. The van der Waals surface area contributed by atoms with Crippen molar-refractivity contribution in [2.75, 3.05) is 5.32 Å². The number of anilines is 1. The number of para-hydroxylation sites is 2. The summed E-state index contributed by atoms with van der Waals surface area (Å²) < 4.78 is 5.71. The number of nitrogens with zero attached hydrogens (tertiary/aromatic N) is 1. The third kappa shape index (κ3) is 2.45. The number of thiocarbonyl (C=S) groups is 1.